The van der Waals surface area contributed by atoms with Crippen molar-refractivity contribution in [2.24, 2.45) is 0 Å². The van der Waals surface area contributed by atoms with Gasteiger partial charge in [0.2, 0.25) is 5.88 Å². The van der Waals surface area contributed by atoms with Gasteiger partial charge in [-0.2, -0.15) is 0 Å². The average molecular weight is 496 g/mol. The molecule has 0 fully saturated rings. The van der Waals surface area contributed by atoms with Crippen LogP contribution >= 0.6 is 12.2 Å². The van der Waals surface area contributed by atoms with Crippen LogP contribution in [0.4, 0.5) is 5.69 Å². The summed E-state index contributed by atoms with van der Waals surface area (Å²) >= 11 is 5.37. The van der Waals surface area contributed by atoms with E-state index in [0.717, 1.165) is 17.1 Å². The third-order valence-corrected chi connectivity index (χ3v) is 6.70. The molecule has 2 N–H and O–H groups in total. The number of ether oxygens (including phenoxy) is 1. The number of fused-ring (bicyclic) bond motifs is 1. The molecule has 0 unspecified atom stereocenters. The molecule has 6 nitrogen and oxygen atoms in total. The lowest BCUT2D eigenvalue weighted by molar-refractivity contribution is 0.431. The summed E-state index contributed by atoms with van der Waals surface area (Å²) in [4.78, 5) is 17.5. The monoisotopic (exact) mass is 495 g/mol. The van der Waals surface area contributed by atoms with E-state index in [0.29, 0.717) is 11.4 Å². The largest absolute Gasteiger partial charge is 0.494 e. The average Bonchev–Trinajstić information content (AvgIpc) is 3.06. The maximum atomic E-state index is 12.8. The normalized spacial score (nSPS) is 13.8. The molecule has 0 amide bonds. The summed E-state index contributed by atoms with van der Waals surface area (Å²) in [6.45, 7) is 4.22. The van der Waals surface area contributed by atoms with Crippen molar-refractivity contribution in [1.82, 2.24) is 9.55 Å². The van der Waals surface area contributed by atoms with Gasteiger partial charge in [0.25, 0.3) is 5.56 Å². The van der Waals surface area contributed by atoms with Crippen LogP contribution in [0.3, 0.4) is 0 Å². The Kier molecular flexibility index (Phi) is 5.88. The number of H-pyrrole nitrogens is 1. The Morgan fingerprint density at radius 3 is 2.31 bits per heavy atom. The molecule has 0 aliphatic carbocycles. The predicted octanol–water partition coefficient (Wildman–Crippen LogP) is 6.32. The smallest absolute Gasteiger partial charge is 0.263 e. The molecule has 1 aliphatic heterocycles. The van der Waals surface area contributed by atoms with Crippen LogP contribution in [-0.4, -0.2) is 21.7 Å². The molecule has 0 radical (unpaired) electrons. The van der Waals surface area contributed by atoms with E-state index in [1.54, 1.807) is 24.3 Å². The van der Waals surface area contributed by atoms with Crippen LogP contribution in [0, 0.1) is 4.77 Å². The van der Waals surface area contributed by atoms with E-state index in [9.17, 15) is 9.90 Å². The summed E-state index contributed by atoms with van der Waals surface area (Å²) in [6, 6.07) is 24.7. The quantitative estimate of drug-likeness (QED) is 0.256. The van der Waals surface area contributed by atoms with Crippen molar-refractivity contribution in [3.63, 3.8) is 0 Å². The number of hydrogen-bond acceptors (Lipinski definition) is 5. The first-order valence-electron chi connectivity index (χ1n) is 11.5. The van der Waals surface area contributed by atoms with Crippen LogP contribution in [0.1, 0.15) is 25.0 Å². The van der Waals surface area contributed by atoms with E-state index < -0.39 is 5.56 Å². The van der Waals surface area contributed by atoms with Gasteiger partial charge in [-0.05, 0) is 74.1 Å². The number of anilines is 1. The number of aromatic hydroxyl groups is 1. The first kappa shape index (κ1) is 23.4. The molecule has 0 spiro atoms. The lowest BCUT2D eigenvalue weighted by atomic mass is 9.84. The first-order valence-corrected chi connectivity index (χ1v) is 11.9. The molecule has 1 aromatic heterocycles. The summed E-state index contributed by atoms with van der Waals surface area (Å²) in [5.41, 5.74) is 6.28. The highest BCUT2D eigenvalue weighted by molar-refractivity contribution is 7.71. The molecule has 5 rings (SSSR count). The Morgan fingerprint density at radius 2 is 1.61 bits per heavy atom. The zero-order chi connectivity index (χ0) is 25.4. The van der Waals surface area contributed by atoms with Crippen molar-refractivity contribution >= 4 is 24.0 Å². The predicted molar refractivity (Wildman–Crippen MR) is 145 cm³/mol. The second-order valence-corrected chi connectivity index (χ2v) is 9.47. The van der Waals surface area contributed by atoms with Gasteiger partial charge in [0.05, 0.1) is 11.4 Å². The summed E-state index contributed by atoms with van der Waals surface area (Å²) in [5.74, 6) is 1.09. The van der Waals surface area contributed by atoms with E-state index >= 15 is 0 Å². The Labute approximate surface area is 214 Å². The molecule has 2 heterocycles. The minimum atomic E-state index is -0.484. The third kappa shape index (κ3) is 4.05. The van der Waals surface area contributed by atoms with Crippen molar-refractivity contribution in [2.45, 2.75) is 19.3 Å². The van der Waals surface area contributed by atoms with E-state index in [4.69, 9.17) is 17.0 Å². The Bertz CT molecular complexity index is 1630. The number of nitrogens with one attached hydrogen (secondary N) is 1. The maximum Gasteiger partial charge on any atom is 0.263 e. The summed E-state index contributed by atoms with van der Waals surface area (Å²) in [7, 11) is 1.97. The lowest BCUT2D eigenvalue weighted by Gasteiger charge is -2.21. The molecule has 0 saturated carbocycles. The van der Waals surface area contributed by atoms with E-state index in [1.807, 2.05) is 49.5 Å². The van der Waals surface area contributed by atoms with Crippen LogP contribution in [0.2, 0.25) is 0 Å². The highest BCUT2D eigenvalue weighted by Gasteiger charge is 2.38. The standard InChI is InChI=1S/C29H25N3O3S/c1-29(2)23-11-7-8-12-24(23)31(3)25(29)18-17-22-26(33)30-28(36)32(27(22)34)19-13-15-21(16-14-19)35-20-9-5-4-6-10-20/h4-17,34H,1-3H3,(H,30,33,36). The van der Waals surface area contributed by atoms with Crippen LogP contribution in [0.5, 0.6) is 17.4 Å². The van der Waals surface area contributed by atoms with Crippen molar-refractivity contribution in [3.8, 4) is 23.1 Å². The zero-order valence-electron chi connectivity index (χ0n) is 20.1. The molecule has 1 aliphatic rings. The molecule has 36 heavy (non-hydrogen) atoms. The third-order valence-electron chi connectivity index (χ3n) is 6.41. The zero-order valence-corrected chi connectivity index (χ0v) is 21.0. The Morgan fingerprint density at radius 1 is 0.972 bits per heavy atom. The molecule has 4 aromatic rings. The summed E-state index contributed by atoms with van der Waals surface area (Å²) in [6.07, 6.45) is 1.52. The molecular formula is C29H25N3O3S. The number of rotatable bonds is 4. The molecule has 3 aromatic carbocycles. The lowest BCUT2D eigenvalue weighted by Crippen LogP contribution is -2.22. The SMILES string of the molecule is CN1C(=C=Cc2c(O)n(-c3ccc(Oc4ccccc4)cc3)c(=S)[nH]c2=O)C(C)(C)c2ccccc21. The number of aromatic amines is 1. The van der Waals surface area contributed by atoms with Gasteiger partial charge in [-0.25, -0.2) is 0 Å². The van der Waals surface area contributed by atoms with Gasteiger partial charge in [0.15, 0.2) is 4.77 Å². The second kappa shape index (κ2) is 9.04. The highest BCUT2D eigenvalue weighted by Crippen LogP contribution is 2.46. The van der Waals surface area contributed by atoms with E-state index in [2.05, 4.69) is 41.6 Å². The number of hydrogen-bond donors (Lipinski definition) is 2. The van der Waals surface area contributed by atoms with Gasteiger partial charge >= 0.3 is 0 Å². The summed E-state index contributed by atoms with van der Waals surface area (Å²) in [5, 5.41) is 11.1. The highest BCUT2D eigenvalue weighted by atomic mass is 32.1. The van der Waals surface area contributed by atoms with Gasteiger partial charge in [0, 0.05) is 24.2 Å². The minimum absolute atomic E-state index is 0.0702. The Hall–Kier alpha value is -4.32. The van der Waals surface area contributed by atoms with Crippen molar-refractivity contribution in [2.75, 3.05) is 11.9 Å². The number of para-hydroxylation sites is 2. The van der Waals surface area contributed by atoms with Crippen LogP contribution < -0.4 is 15.2 Å². The molecular weight excluding hydrogens is 470 g/mol. The maximum absolute atomic E-state index is 12.8. The number of likely N-dealkylation sites (N-methyl/N-ethyl adjacent to an activating group) is 1. The fourth-order valence-electron chi connectivity index (χ4n) is 4.58. The number of aromatic nitrogens is 2. The van der Waals surface area contributed by atoms with Gasteiger partial charge in [-0.3, -0.25) is 14.3 Å². The van der Waals surface area contributed by atoms with Crippen molar-refractivity contribution in [3.05, 3.63) is 117 Å². The first-order chi connectivity index (χ1) is 17.3. The molecule has 0 saturated heterocycles. The van der Waals surface area contributed by atoms with E-state index in [1.165, 1.54) is 16.2 Å². The molecule has 0 bridgehead atoms. The van der Waals surface area contributed by atoms with Gasteiger partial charge in [-0.15, -0.1) is 0 Å². The molecule has 180 valence electrons. The van der Waals surface area contributed by atoms with Gasteiger partial charge in [-0.1, -0.05) is 42.1 Å². The van der Waals surface area contributed by atoms with Crippen LogP contribution in [0.15, 0.2) is 95.1 Å². The number of benzene rings is 3. The van der Waals surface area contributed by atoms with Gasteiger partial charge < -0.3 is 14.7 Å². The van der Waals surface area contributed by atoms with Crippen molar-refractivity contribution < 1.29 is 9.84 Å². The second-order valence-electron chi connectivity index (χ2n) is 9.08. The van der Waals surface area contributed by atoms with Crippen LogP contribution in [-0.2, 0) is 5.41 Å². The van der Waals surface area contributed by atoms with Gasteiger partial charge in [0.1, 0.15) is 17.1 Å². The number of allylic oxidation sites excluding steroid dienone is 1. The fourth-order valence-corrected chi connectivity index (χ4v) is 4.86. The van der Waals surface area contributed by atoms with Crippen LogP contribution in [0.25, 0.3) is 11.8 Å². The fraction of sp³-hybridized carbons (Fsp3) is 0.138. The van der Waals surface area contributed by atoms with Crippen molar-refractivity contribution in [1.29, 1.82) is 0 Å². The molecule has 7 heteroatoms. The molecule has 0 atom stereocenters. The minimum Gasteiger partial charge on any atom is -0.494 e. The summed E-state index contributed by atoms with van der Waals surface area (Å²) < 4.78 is 7.35. The number of nitrogens with zero attached hydrogens (tertiary/aromatic N) is 2. The topological polar surface area (TPSA) is 70.5 Å². The Balaban J connectivity index is 1.54. The van der Waals surface area contributed by atoms with E-state index in [-0.39, 0.29) is 21.6 Å².